The number of benzene rings is 4. The lowest BCUT2D eigenvalue weighted by Crippen LogP contribution is -1.96. The van der Waals surface area contributed by atoms with Gasteiger partial charge >= 0.3 is 0 Å². The smallest absolute Gasteiger partial charge is 0.0716 e. The zero-order valence-corrected chi connectivity index (χ0v) is 18.6. The molecule has 1 N–H and O–H groups in total. The van der Waals surface area contributed by atoms with Crippen molar-refractivity contribution in [1.82, 2.24) is 4.98 Å². The maximum atomic E-state index is 8.64. The van der Waals surface area contributed by atoms with Crippen molar-refractivity contribution < 1.29 is 0 Å². The third-order valence-corrected chi connectivity index (χ3v) is 5.88. The average molecular weight is 438 g/mol. The van der Waals surface area contributed by atoms with Gasteiger partial charge in [0.25, 0.3) is 0 Å². The number of nitrogens with zero attached hydrogens (tertiary/aromatic N) is 2. The van der Waals surface area contributed by atoms with Gasteiger partial charge in [0.2, 0.25) is 0 Å². The number of nitrogens with one attached hydrogen (secondary N) is 1. The molecule has 3 nitrogen and oxygen atoms in total. The molecule has 5 rings (SSSR count). The second-order valence-electron chi connectivity index (χ2n) is 8.06. The molecular weight excluding hydrogens is 414 g/mol. The summed E-state index contributed by atoms with van der Waals surface area (Å²) in [5.41, 5.74) is 7.15. The fourth-order valence-electron chi connectivity index (χ4n) is 4.04. The summed E-state index contributed by atoms with van der Waals surface area (Å²) >= 11 is 0. The van der Waals surface area contributed by atoms with Crippen molar-refractivity contribution in [2.24, 2.45) is 4.99 Å². The highest BCUT2D eigenvalue weighted by Crippen LogP contribution is 2.26. The van der Waals surface area contributed by atoms with Gasteiger partial charge in [0.15, 0.2) is 0 Å². The van der Waals surface area contributed by atoms with E-state index in [0.29, 0.717) is 11.4 Å². The van der Waals surface area contributed by atoms with Crippen LogP contribution in [0.1, 0.15) is 11.1 Å². The molecule has 5 aromatic rings. The third kappa shape index (κ3) is 4.45. The SMILES string of the molecule is C=N/C(=C\C(=N)c1ccc(-c2ccc3ccccc3c2)cc1)c1cccc(-c2cccnc2)c1. The molecule has 3 heteroatoms. The first-order valence-corrected chi connectivity index (χ1v) is 11.1. The van der Waals surface area contributed by atoms with Crippen molar-refractivity contribution in [3.63, 3.8) is 0 Å². The summed E-state index contributed by atoms with van der Waals surface area (Å²) in [7, 11) is 0. The van der Waals surface area contributed by atoms with Gasteiger partial charge < -0.3 is 5.41 Å². The van der Waals surface area contributed by atoms with Gasteiger partial charge in [0.05, 0.1) is 11.4 Å². The molecule has 34 heavy (non-hydrogen) atoms. The lowest BCUT2D eigenvalue weighted by molar-refractivity contribution is 1.33. The number of rotatable bonds is 6. The fourth-order valence-corrected chi connectivity index (χ4v) is 4.04. The summed E-state index contributed by atoms with van der Waals surface area (Å²) in [6, 6.07) is 34.9. The molecule has 0 radical (unpaired) electrons. The average Bonchev–Trinajstić information content (AvgIpc) is 2.92. The molecular formula is C31H23N3. The number of pyridine rings is 1. The van der Waals surface area contributed by atoms with Crippen LogP contribution in [0.3, 0.4) is 0 Å². The van der Waals surface area contributed by atoms with Gasteiger partial charge in [-0.05, 0) is 64.0 Å². The molecule has 0 spiro atoms. The summed E-state index contributed by atoms with van der Waals surface area (Å²) < 4.78 is 0. The van der Waals surface area contributed by atoms with E-state index in [9.17, 15) is 0 Å². The summed E-state index contributed by atoms with van der Waals surface area (Å²) in [5.74, 6) is 0. The van der Waals surface area contributed by atoms with E-state index in [4.69, 9.17) is 5.41 Å². The number of hydrogen-bond donors (Lipinski definition) is 1. The molecule has 0 saturated heterocycles. The van der Waals surface area contributed by atoms with E-state index >= 15 is 0 Å². The molecule has 0 aliphatic heterocycles. The number of hydrogen-bond acceptors (Lipinski definition) is 3. The monoisotopic (exact) mass is 437 g/mol. The molecule has 0 saturated carbocycles. The first-order chi connectivity index (χ1) is 16.7. The highest BCUT2D eigenvalue weighted by molar-refractivity contribution is 6.10. The number of aromatic nitrogens is 1. The van der Waals surface area contributed by atoms with Crippen LogP contribution in [0, 0.1) is 5.41 Å². The lowest BCUT2D eigenvalue weighted by Gasteiger charge is -2.08. The molecule has 0 fully saturated rings. The molecule has 0 aliphatic carbocycles. The summed E-state index contributed by atoms with van der Waals surface area (Å²) in [4.78, 5) is 8.41. The Morgan fingerprint density at radius 3 is 2.18 bits per heavy atom. The van der Waals surface area contributed by atoms with E-state index in [1.54, 1.807) is 12.3 Å². The van der Waals surface area contributed by atoms with Crippen molar-refractivity contribution in [3.8, 4) is 22.3 Å². The number of allylic oxidation sites excluding steroid dienone is 1. The number of aliphatic imine (C=N–C) groups is 1. The van der Waals surface area contributed by atoms with Crippen molar-refractivity contribution in [3.05, 3.63) is 133 Å². The maximum absolute atomic E-state index is 8.64. The Labute approximate surface area is 199 Å². The van der Waals surface area contributed by atoms with Crippen LogP contribution in [-0.4, -0.2) is 17.4 Å². The minimum atomic E-state index is 0.388. The molecule has 0 aliphatic rings. The van der Waals surface area contributed by atoms with Crippen LogP contribution in [0.15, 0.2) is 127 Å². The van der Waals surface area contributed by atoms with Gasteiger partial charge in [-0.2, -0.15) is 0 Å². The molecule has 0 amide bonds. The highest BCUT2D eigenvalue weighted by atomic mass is 14.7. The molecule has 1 aromatic heterocycles. The van der Waals surface area contributed by atoms with Gasteiger partial charge in [-0.25, -0.2) is 0 Å². The second kappa shape index (κ2) is 9.47. The van der Waals surface area contributed by atoms with Crippen molar-refractivity contribution >= 4 is 28.9 Å². The molecule has 1 heterocycles. The van der Waals surface area contributed by atoms with E-state index in [1.165, 1.54) is 10.8 Å². The van der Waals surface area contributed by atoms with Crippen molar-refractivity contribution in [2.45, 2.75) is 0 Å². The molecule has 0 bridgehead atoms. The summed E-state index contributed by atoms with van der Waals surface area (Å²) in [6.45, 7) is 3.74. The molecule has 4 aromatic carbocycles. The third-order valence-electron chi connectivity index (χ3n) is 5.88. The zero-order chi connectivity index (χ0) is 23.3. The van der Waals surface area contributed by atoms with Gasteiger partial charge in [-0.15, -0.1) is 0 Å². The lowest BCUT2D eigenvalue weighted by atomic mass is 9.98. The fraction of sp³-hybridized carbons (Fsp3) is 0. The van der Waals surface area contributed by atoms with E-state index < -0.39 is 0 Å². The van der Waals surface area contributed by atoms with Gasteiger partial charge in [0.1, 0.15) is 0 Å². The zero-order valence-electron chi connectivity index (χ0n) is 18.6. The Hall–Kier alpha value is -4.63. The highest BCUT2D eigenvalue weighted by Gasteiger charge is 2.07. The Kier molecular flexibility index (Phi) is 5.91. The first-order valence-electron chi connectivity index (χ1n) is 11.1. The Morgan fingerprint density at radius 2 is 1.41 bits per heavy atom. The van der Waals surface area contributed by atoms with Crippen LogP contribution in [-0.2, 0) is 0 Å². The largest absolute Gasteiger partial charge is 0.300 e. The number of fused-ring (bicyclic) bond motifs is 1. The predicted octanol–water partition coefficient (Wildman–Crippen LogP) is 7.68. The Balaban J connectivity index is 1.40. The van der Waals surface area contributed by atoms with E-state index in [2.05, 4.69) is 71.3 Å². The summed E-state index contributed by atoms with van der Waals surface area (Å²) in [6.07, 6.45) is 5.36. The van der Waals surface area contributed by atoms with E-state index in [0.717, 1.165) is 33.4 Å². The molecule has 0 unspecified atom stereocenters. The van der Waals surface area contributed by atoms with Crippen LogP contribution < -0.4 is 0 Å². The predicted molar refractivity (Wildman–Crippen MR) is 143 cm³/mol. The van der Waals surface area contributed by atoms with E-state index in [1.807, 2.05) is 54.7 Å². The maximum Gasteiger partial charge on any atom is 0.0716 e. The van der Waals surface area contributed by atoms with E-state index in [-0.39, 0.29) is 0 Å². The van der Waals surface area contributed by atoms with Gasteiger partial charge in [-0.1, -0.05) is 84.9 Å². The van der Waals surface area contributed by atoms with Crippen LogP contribution in [0.25, 0.3) is 38.7 Å². The van der Waals surface area contributed by atoms with Crippen LogP contribution in [0.2, 0.25) is 0 Å². The molecule has 0 atom stereocenters. The van der Waals surface area contributed by atoms with Gasteiger partial charge in [0, 0.05) is 23.5 Å². The normalized spacial score (nSPS) is 11.4. The molecule has 162 valence electrons. The topological polar surface area (TPSA) is 49.1 Å². The summed E-state index contributed by atoms with van der Waals surface area (Å²) in [5, 5.41) is 11.1. The van der Waals surface area contributed by atoms with Crippen LogP contribution in [0.4, 0.5) is 0 Å². The van der Waals surface area contributed by atoms with Crippen LogP contribution in [0.5, 0.6) is 0 Å². The second-order valence-corrected chi connectivity index (χ2v) is 8.06. The Morgan fingerprint density at radius 1 is 0.676 bits per heavy atom. The van der Waals surface area contributed by atoms with Crippen LogP contribution >= 0.6 is 0 Å². The van der Waals surface area contributed by atoms with Crippen molar-refractivity contribution in [1.29, 1.82) is 5.41 Å². The quantitative estimate of drug-likeness (QED) is 0.272. The van der Waals surface area contributed by atoms with Gasteiger partial charge in [-0.3, -0.25) is 9.98 Å². The minimum Gasteiger partial charge on any atom is -0.300 e. The Bertz CT molecular complexity index is 1510. The minimum absolute atomic E-state index is 0.388. The van der Waals surface area contributed by atoms with Crippen molar-refractivity contribution in [2.75, 3.05) is 0 Å². The standard InChI is InChI=1S/C31H23N3/c1-33-31(28-9-4-8-26(19-28)29-10-5-17-34-21-29)20-30(32)24-14-11-23(12-15-24)27-16-13-22-6-2-3-7-25(22)18-27/h2-21,32H,1H2/b31-20-,32-30?. The first kappa shape index (κ1) is 21.2.